The average Bonchev–Trinajstić information content (AvgIpc) is 2.51. The molecule has 0 aromatic heterocycles. The summed E-state index contributed by atoms with van der Waals surface area (Å²) in [6, 6.07) is 13.2. The summed E-state index contributed by atoms with van der Waals surface area (Å²) in [7, 11) is 1.18. The monoisotopic (exact) mass is 284 g/mol. The molecule has 2 rings (SSSR count). The third-order valence-corrected chi connectivity index (χ3v) is 3.52. The number of methoxy groups -OCH3 is 1. The van der Waals surface area contributed by atoms with E-state index >= 15 is 0 Å². The fraction of sp³-hybridized carbons (Fsp3) is 0.176. The van der Waals surface area contributed by atoms with E-state index in [-0.39, 0.29) is 0 Å². The van der Waals surface area contributed by atoms with E-state index in [1.165, 1.54) is 13.2 Å². The van der Waals surface area contributed by atoms with Gasteiger partial charge in [0.2, 0.25) is 0 Å². The van der Waals surface area contributed by atoms with E-state index in [2.05, 4.69) is 11.3 Å². The minimum atomic E-state index is -1.31. The van der Waals surface area contributed by atoms with E-state index in [0.717, 1.165) is 16.3 Å². The maximum Gasteiger partial charge on any atom is 0.321 e. The SMILES string of the molecule is C=CC(c1cccc2ccccc12)C(C(=O)O)C(=O)OC. The van der Waals surface area contributed by atoms with Gasteiger partial charge in [0, 0.05) is 5.92 Å². The van der Waals surface area contributed by atoms with Crippen molar-refractivity contribution in [3.05, 3.63) is 60.7 Å². The molecule has 2 unspecified atom stereocenters. The number of hydrogen-bond acceptors (Lipinski definition) is 3. The largest absolute Gasteiger partial charge is 0.481 e. The molecule has 0 fully saturated rings. The number of esters is 1. The zero-order valence-electron chi connectivity index (χ0n) is 11.7. The lowest BCUT2D eigenvalue weighted by atomic mass is 9.83. The van der Waals surface area contributed by atoms with E-state index in [0.29, 0.717) is 0 Å². The highest BCUT2D eigenvalue weighted by Crippen LogP contribution is 2.32. The van der Waals surface area contributed by atoms with Gasteiger partial charge in [-0.15, -0.1) is 6.58 Å². The van der Waals surface area contributed by atoms with Crippen LogP contribution in [0.4, 0.5) is 0 Å². The van der Waals surface area contributed by atoms with Gasteiger partial charge in [0.05, 0.1) is 7.11 Å². The van der Waals surface area contributed by atoms with Crippen molar-refractivity contribution in [3.8, 4) is 0 Å². The highest BCUT2D eigenvalue weighted by Gasteiger charge is 2.35. The van der Waals surface area contributed by atoms with Crippen molar-refractivity contribution in [2.45, 2.75) is 5.92 Å². The molecule has 1 N–H and O–H groups in total. The molecule has 4 heteroatoms. The van der Waals surface area contributed by atoms with Crippen LogP contribution < -0.4 is 0 Å². The van der Waals surface area contributed by atoms with Gasteiger partial charge in [0.15, 0.2) is 5.92 Å². The summed E-state index contributed by atoms with van der Waals surface area (Å²) in [5.74, 6) is -3.96. The van der Waals surface area contributed by atoms with E-state index < -0.39 is 23.8 Å². The summed E-state index contributed by atoms with van der Waals surface area (Å²) in [6.45, 7) is 3.69. The van der Waals surface area contributed by atoms with E-state index in [1.807, 2.05) is 42.5 Å². The minimum absolute atomic E-state index is 0.652. The van der Waals surface area contributed by atoms with Crippen LogP contribution >= 0.6 is 0 Å². The molecule has 2 atom stereocenters. The molecule has 0 saturated heterocycles. The second kappa shape index (κ2) is 6.22. The Bertz CT molecular complexity index is 685. The van der Waals surface area contributed by atoms with Gasteiger partial charge < -0.3 is 9.84 Å². The molecule has 0 radical (unpaired) electrons. The number of rotatable bonds is 5. The highest BCUT2D eigenvalue weighted by molar-refractivity contribution is 5.97. The molecule has 0 amide bonds. The van der Waals surface area contributed by atoms with Crippen LogP contribution in [0.25, 0.3) is 10.8 Å². The van der Waals surface area contributed by atoms with E-state index in [9.17, 15) is 14.7 Å². The summed E-state index contributed by atoms with van der Waals surface area (Å²) in [4.78, 5) is 23.3. The van der Waals surface area contributed by atoms with Crippen molar-refractivity contribution in [2.75, 3.05) is 7.11 Å². The minimum Gasteiger partial charge on any atom is -0.481 e. The fourth-order valence-corrected chi connectivity index (χ4v) is 2.51. The molecule has 21 heavy (non-hydrogen) atoms. The van der Waals surface area contributed by atoms with Crippen LogP contribution in [0.15, 0.2) is 55.1 Å². The van der Waals surface area contributed by atoms with Gasteiger partial charge in [-0.05, 0) is 16.3 Å². The van der Waals surface area contributed by atoms with Crippen LogP contribution in [0.2, 0.25) is 0 Å². The third kappa shape index (κ3) is 2.79. The first-order valence-corrected chi connectivity index (χ1v) is 6.51. The van der Waals surface area contributed by atoms with E-state index in [1.54, 1.807) is 0 Å². The maximum atomic E-state index is 11.8. The van der Waals surface area contributed by atoms with Crippen LogP contribution in [-0.4, -0.2) is 24.2 Å². The number of carbonyl (C=O) groups is 2. The number of ether oxygens (including phenoxy) is 1. The standard InChI is InChI=1S/C17H16O4/c1-3-12(15(16(18)19)17(20)21-2)14-10-6-8-11-7-4-5-9-13(11)14/h3-10,12,15H,1H2,2H3,(H,18,19). The molecular weight excluding hydrogens is 268 g/mol. The number of carboxylic acid groups (broad SMARTS) is 1. The molecule has 4 nitrogen and oxygen atoms in total. The first-order valence-electron chi connectivity index (χ1n) is 6.51. The Morgan fingerprint density at radius 2 is 1.86 bits per heavy atom. The molecule has 2 aromatic carbocycles. The quantitative estimate of drug-likeness (QED) is 0.521. The van der Waals surface area contributed by atoms with Crippen molar-refractivity contribution in [2.24, 2.45) is 5.92 Å². The zero-order valence-corrected chi connectivity index (χ0v) is 11.7. The lowest BCUT2D eigenvalue weighted by Gasteiger charge is -2.20. The number of carboxylic acids is 1. The van der Waals surface area contributed by atoms with Crippen LogP contribution in [-0.2, 0) is 14.3 Å². The van der Waals surface area contributed by atoms with Gasteiger partial charge in [0.25, 0.3) is 0 Å². The Labute approximate surface area is 122 Å². The number of hydrogen-bond donors (Lipinski definition) is 1. The molecule has 0 aliphatic carbocycles. The lowest BCUT2D eigenvalue weighted by molar-refractivity contribution is -0.157. The highest BCUT2D eigenvalue weighted by atomic mass is 16.5. The Kier molecular flexibility index (Phi) is 4.38. The Morgan fingerprint density at radius 3 is 2.48 bits per heavy atom. The smallest absolute Gasteiger partial charge is 0.321 e. The van der Waals surface area contributed by atoms with Crippen molar-refractivity contribution in [3.63, 3.8) is 0 Å². The average molecular weight is 284 g/mol. The molecule has 0 aliphatic rings. The molecule has 0 bridgehead atoms. The molecule has 108 valence electrons. The first kappa shape index (κ1) is 14.8. The van der Waals surface area contributed by atoms with Gasteiger partial charge in [-0.1, -0.05) is 48.5 Å². The summed E-state index contributed by atoms with van der Waals surface area (Å²) in [5.41, 5.74) is 0.751. The lowest BCUT2D eigenvalue weighted by Crippen LogP contribution is -2.30. The second-order valence-electron chi connectivity index (χ2n) is 4.67. The predicted molar refractivity (Wildman–Crippen MR) is 80.0 cm³/mol. The molecule has 2 aromatic rings. The van der Waals surface area contributed by atoms with Gasteiger partial charge in [0.1, 0.15) is 0 Å². The third-order valence-electron chi connectivity index (χ3n) is 3.52. The Hall–Kier alpha value is -2.62. The van der Waals surface area contributed by atoms with E-state index in [4.69, 9.17) is 0 Å². The maximum absolute atomic E-state index is 11.8. The summed E-state index contributed by atoms with van der Waals surface area (Å²) in [6.07, 6.45) is 1.48. The van der Waals surface area contributed by atoms with Gasteiger partial charge >= 0.3 is 11.9 Å². The van der Waals surface area contributed by atoms with Gasteiger partial charge in [-0.3, -0.25) is 9.59 Å². The molecule has 0 heterocycles. The van der Waals surface area contributed by atoms with Crippen molar-refractivity contribution in [1.29, 1.82) is 0 Å². The summed E-state index contributed by atoms with van der Waals surface area (Å²) >= 11 is 0. The van der Waals surface area contributed by atoms with Gasteiger partial charge in [-0.25, -0.2) is 0 Å². The fourth-order valence-electron chi connectivity index (χ4n) is 2.51. The number of fused-ring (bicyclic) bond motifs is 1. The number of aliphatic carboxylic acids is 1. The van der Waals surface area contributed by atoms with Crippen LogP contribution in [0, 0.1) is 5.92 Å². The van der Waals surface area contributed by atoms with Crippen LogP contribution in [0.3, 0.4) is 0 Å². The van der Waals surface area contributed by atoms with Crippen molar-refractivity contribution < 1.29 is 19.4 Å². The summed E-state index contributed by atoms with van der Waals surface area (Å²) in [5, 5.41) is 11.2. The van der Waals surface area contributed by atoms with Crippen molar-refractivity contribution in [1.82, 2.24) is 0 Å². The first-order chi connectivity index (χ1) is 10.1. The number of benzene rings is 2. The molecular formula is C17H16O4. The van der Waals surface area contributed by atoms with Crippen molar-refractivity contribution >= 4 is 22.7 Å². The normalized spacial score (nSPS) is 13.4. The molecule has 0 saturated carbocycles. The number of carbonyl (C=O) groups excluding carboxylic acids is 1. The zero-order chi connectivity index (χ0) is 15.4. The Balaban J connectivity index is 2.60. The molecule has 0 spiro atoms. The Morgan fingerprint density at radius 1 is 1.19 bits per heavy atom. The molecule has 0 aliphatic heterocycles. The topological polar surface area (TPSA) is 63.6 Å². The summed E-state index contributed by atoms with van der Waals surface area (Å²) < 4.78 is 4.62. The number of allylic oxidation sites excluding steroid dienone is 1. The van der Waals surface area contributed by atoms with Crippen LogP contribution in [0.1, 0.15) is 11.5 Å². The predicted octanol–water partition coefficient (Wildman–Crippen LogP) is 2.98. The van der Waals surface area contributed by atoms with Gasteiger partial charge in [-0.2, -0.15) is 0 Å². The van der Waals surface area contributed by atoms with Crippen LogP contribution in [0.5, 0.6) is 0 Å². The second-order valence-corrected chi connectivity index (χ2v) is 4.67.